The largest absolute Gasteiger partial charge is 0.480 e. The van der Waals surface area contributed by atoms with E-state index in [4.69, 9.17) is 10.8 Å². The van der Waals surface area contributed by atoms with Crippen LogP contribution in [0.3, 0.4) is 0 Å². The number of hydrogen-bond donors (Lipinski definition) is 2. The zero-order valence-electron chi connectivity index (χ0n) is 11.5. The summed E-state index contributed by atoms with van der Waals surface area (Å²) in [5.41, 5.74) is 7.32. The Morgan fingerprint density at radius 3 is 2.42 bits per heavy atom. The van der Waals surface area contributed by atoms with Crippen LogP contribution in [0.5, 0.6) is 0 Å². The molecule has 0 unspecified atom stereocenters. The van der Waals surface area contributed by atoms with Gasteiger partial charge in [0.2, 0.25) is 5.91 Å². The molecule has 1 aromatic carbocycles. The molecule has 0 saturated heterocycles. The van der Waals surface area contributed by atoms with Crippen molar-refractivity contribution in [1.29, 1.82) is 0 Å². The summed E-state index contributed by atoms with van der Waals surface area (Å²) in [5.74, 6) is -1.02. The lowest BCUT2D eigenvalue weighted by molar-refractivity contribution is -0.135. The second-order valence-electron chi connectivity index (χ2n) is 5.03. The minimum atomic E-state index is -0.876. The Labute approximate surface area is 113 Å². The van der Waals surface area contributed by atoms with Crippen LogP contribution in [-0.2, 0) is 4.79 Å². The topological polar surface area (TPSA) is 83.6 Å². The van der Waals surface area contributed by atoms with Crippen LogP contribution in [0, 0.1) is 12.8 Å². The number of carbonyl (C=O) groups excluding carboxylic acids is 1. The highest BCUT2D eigenvalue weighted by Crippen LogP contribution is 2.22. The standard InChI is InChI=1S/C14H20N2O3/c1-9(2)7-16(8-13(17)18)12-5-4-11(14(15)19)6-10(12)3/h4-6,9H,7-8H2,1-3H3,(H2,15,19)(H,17,18). The second kappa shape index (κ2) is 6.22. The predicted molar refractivity (Wildman–Crippen MR) is 74.4 cm³/mol. The normalized spacial score (nSPS) is 10.5. The van der Waals surface area contributed by atoms with Crippen molar-refractivity contribution in [3.8, 4) is 0 Å². The van der Waals surface area contributed by atoms with E-state index in [0.29, 0.717) is 18.0 Å². The lowest BCUT2D eigenvalue weighted by atomic mass is 10.1. The van der Waals surface area contributed by atoms with E-state index in [-0.39, 0.29) is 6.54 Å². The Bertz CT molecular complexity index is 484. The molecule has 0 aliphatic carbocycles. The number of carboxylic acids is 1. The van der Waals surface area contributed by atoms with Crippen LogP contribution < -0.4 is 10.6 Å². The first-order valence-electron chi connectivity index (χ1n) is 6.18. The van der Waals surface area contributed by atoms with E-state index in [1.807, 2.05) is 20.8 Å². The van der Waals surface area contributed by atoms with E-state index in [1.165, 1.54) is 0 Å². The van der Waals surface area contributed by atoms with Gasteiger partial charge in [-0.2, -0.15) is 0 Å². The molecule has 0 aromatic heterocycles. The maximum absolute atomic E-state index is 11.1. The third kappa shape index (κ3) is 4.28. The third-order valence-corrected chi connectivity index (χ3v) is 2.73. The van der Waals surface area contributed by atoms with Gasteiger partial charge in [-0.05, 0) is 36.6 Å². The van der Waals surface area contributed by atoms with E-state index in [2.05, 4.69) is 0 Å². The fourth-order valence-electron chi connectivity index (χ4n) is 2.02. The van der Waals surface area contributed by atoms with Crippen LogP contribution in [0.2, 0.25) is 0 Å². The maximum Gasteiger partial charge on any atom is 0.323 e. The number of nitrogens with two attached hydrogens (primary N) is 1. The van der Waals surface area contributed by atoms with Gasteiger partial charge in [0.05, 0.1) is 0 Å². The molecule has 0 fully saturated rings. The molecule has 0 heterocycles. The SMILES string of the molecule is Cc1cc(C(N)=O)ccc1N(CC(=O)O)CC(C)C. The molecule has 1 rings (SSSR count). The van der Waals surface area contributed by atoms with Gasteiger partial charge in [-0.25, -0.2) is 0 Å². The average molecular weight is 264 g/mol. The molecule has 5 heteroatoms. The Balaban J connectivity index is 3.07. The van der Waals surface area contributed by atoms with Gasteiger partial charge in [0, 0.05) is 17.8 Å². The van der Waals surface area contributed by atoms with Crippen LogP contribution in [0.1, 0.15) is 29.8 Å². The number of hydrogen-bond acceptors (Lipinski definition) is 3. The lowest BCUT2D eigenvalue weighted by Gasteiger charge is -2.26. The molecule has 3 N–H and O–H groups in total. The average Bonchev–Trinajstić information content (AvgIpc) is 2.26. The number of primary amides is 1. The molecule has 19 heavy (non-hydrogen) atoms. The van der Waals surface area contributed by atoms with Gasteiger partial charge < -0.3 is 15.7 Å². The van der Waals surface area contributed by atoms with Crippen LogP contribution in [0.4, 0.5) is 5.69 Å². The smallest absolute Gasteiger partial charge is 0.323 e. The molecule has 0 saturated carbocycles. The van der Waals surface area contributed by atoms with Crippen molar-refractivity contribution in [2.45, 2.75) is 20.8 Å². The molecule has 0 radical (unpaired) electrons. The monoisotopic (exact) mass is 264 g/mol. The third-order valence-electron chi connectivity index (χ3n) is 2.73. The summed E-state index contributed by atoms with van der Waals surface area (Å²) in [6.45, 7) is 6.48. The van der Waals surface area contributed by atoms with Crippen molar-refractivity contribution in [2.75, 3.05) is 18.0 Å². The summed E-state index contributed by atoms with van der Waals surface area (Å²) in [6.07, 6.45) is 0. The van der Waals surface area contributed by atoms with E-state index < -0.39 is 11.9 Å². The van der Waals surface area contributed by atoms with Crippen molar-refractivity contribution >= 4 is 17.6 Å². The van der Waals surface area contributed by atoms with Gasteiger partial charge in [-0.1, -0.05) is 13.8 Å². The number of aryl methyl sites for hydroxylation is 1. The maximum atomic E-state index is 11.1. The molecule has 104 valence electrons. The zero-order chi connectivity index (χ0) is 14.6. The minimum Gasteiger partial charge on any atom is -0.480 e. The van der Waals surface area contributed by atoms with Crippen molar-refractivity contribution < 1.29 is 14.7 Å². The minimum absolute atomic E-state index is 0.0606. The van der Waals surface area contributed by atoms with Crippen LogP contribution in [0.15, 0.2) is 18.2 Å². The highest BCUT2D eigenvalue weighted by molar-refractivity contribution is 5.93. The zero-order valence-corrected chi connectivity index (χ0v) is 11.5. The molecule has 0 bridgehead atoms. The summed E-state index contributed by atoms with van der Waals surface area (Å²) in [4.78, 5) is 23.8. The van der Waals surface area contributed by atoms with Gasteiger partial charge in [-0.3, -0.25) is 9.59 Å². The first-order valence-corrected chi connectivity index (χ1v) is 6.18. The Hall–Kier alpha value is -2.04. The van der Waals surface area contributed by atoms with Gasteiger partial charge in [0.25, 0.3) is 0 Å². The number of benzene rings is 1. The van der Waals surface area contributed by atoms with Gasteiger partial charge >= 0.3 is 5.97 Å². The lowest BCUT2D eigenvalue weighted by Crippen LogP contribution is -2.33. The van der Waals surface area contributed by atoms with E-state index in [1.54, 1.807) is 23.1 Å². The van der Waals surface area contributed by atoms with Crippen molar-refractivity contribution in [3.63, 3.8) is 0 Å². The number of amides is 1. The van der Waals surface area contributed by atoms with E-state index >= 15 is 0 Å². The van der Waals surface area contributed by atoms with Crippen LogP contribution in [-0.4, -0.2) is 30.1 Å². The van der Waals surface area contributed by atoms with Gasteiger partial charge in [0.15, 0.2) is 0 Å². The molecule has 5 nitrogen and oxygen atoms in total. The highest BCUT2D eigenvalue weighted by Gasteiger charge is 2.15. The highest BCUT2D eigenvalue weighted by atomic mass is 16.4. The van der Waals surface area contributed by atoms with E-state index in [0.717, 1.165) is 11.3 Å². The summed E-state index contributed by atoms with van der Waals surface area (Å²) in [6, 6.07) is 5.06. The van der Waals surface area contributed by atoms with Crippen molar-refractivity contribution in [3.05, 3.63) is 29.3 Å². The molecule has 1 aromatic rings. The molecule has 0 spiro atoms. The second-order valence-corrected chi connectivity index (χ2v) is 5.03. The van der Waals surface area contributed by atoms with Gasteiger partial charge in [0.1, 0.15) is 6.54 Å². The number of anilines is 1. The summed E-state index contributed by atoms with van der Waals surface area (Å²) in [7, 11) is 0. The number of carboxylic acid groups (broad SMARTS) is 1. The summed E-state index contributed by atoms with van der Waals surface area (Å²) in [5, 5.41) is 8.98. The first kappa shape index (κ1) is 15.0. The van der Waals surface area contributed by atoms with Crippen LogP contribution >= 0.6 is 0 Å². The first-order chi connectivity index (χ1) is 8.81. The Morgan fingerprint density at radius 1 is 1.37 bits per heavy atom. The quantitative estimate of drug-likeness (QED) is 0.818. The molecular weight excluding hydrogens is 244 g/mol. The predicted octanol–water partition coefficient (Wildman–Crippen LogP) is 1.64. The van der Waals surface area contributed by atoms with E-state index in [9.17, 15) is 9.59 Å². The fourth-order valence-corrected chi connectivity index (χ4v) is 2.02. The Kier molecular flexibility index (Phi) is 4.92. The molecule has 1 amide bonds. The van der Waals surface area contributed by atoms with Crippen molar-refractivity contribution in [2.24, 2.45) is 11.7 Å². The number of aliphatic carboxylic acids is 1. The number of nitrogens with zero attached hydrogens (tertiary/aromatic N) is 1. The summed E-state index contributed by atoms with van der Waals surface area (Å²) >= 11 is 0. The van der Waals surface area contributed by atoms with Crippen LogP contribution in [0.25, 0.3) is 0 Å². The number of carbonyl (C=O) groups is 2. The summed E-state index contributed by atoms with van der Waals surface area (Å²) < 4.78 is 0. The number of rotatable bonds is 6. The van der Waals surface area contributed by atoms with Crippen molar-refractivity contribution in [1.82, 2.24) is 0 Å². The molecule has 0 aliphatic rings. The Morgan fingerprint density at radius 2 is 2.00 bits per heavy atom. The fraction of sp³-hybridized carbons (Fsp3) is 0.429. The molecule has 0 aliphatic heterocycles. The molecular formula is C14H20N2O3. The molecule has 0 atom stereocenters. The van der Waals surface area contributed by atoms with Gasteiger partial charge in [-0.15, -0.1) is 0 Å².